The Hall–Kier alpha value is -2.12. The van der Waals surface area contributed by atoms with Crippen LogP contribution >= 0.6 is 11.6 Å². The van der Waals surface area contributed by atoms with Crippen molar-refractivity contribution in [3.8, 4) is 11.1 Å². The van der Waals surface area contributed by atoms with E-state index in [1.165, 1.54) is 24.0 Å². The van der Waals surface area contributed by atoms with E-state index in [4.69, 9.17) is 11.6 Å². The van der Waals surface area contributed by atoms with Crippen LogP contribution in [0.5, 0.6) is 0 Å². The van der Waals surface area contributed by atoms with Crippen LogP contribution in [0.2, 0.25) is 5.02 Å². The minimum Gasteiger partial charge on any atom is -0.206 e. The van der Waals surface area contributed by atoms with Gasteiger partial charge < -0.3 is 0 Å². The molecule has 140 valence electrons. The van der Waals surface area contributed by atoms with Crippen molar-refractivity contribution < 1.29 is 4.39 Å². The average molecular weight is 381 g/mol. The highest BCUT2D eigenvalue weighted by Crippen LogP contribution is 2.29. The fourth-order valence-corrected chi connectivity index (χ4v) is 3.55. The van der Waals surface area contributed by atoms with Crippen LogP contribution in [0.25, 0.3) is 11.1 Å². The SMILES string of the molecule is CCCCCc1ccc(-c2ccc(C(C)c3ccc(Cl)cc3)cc2)c(F)c1. The Balaban J connectivity index is 1.75. The highest BCUT2D eigenvalue weighted by atomic mass is 35.5. The summed E-state index contributed by atoms with van der Waals surface area (Å²) in [5.41, 5.74) is 5.09. The van der Waals surface area contributed by atoms with Crippen LogP contribution in [0.4, 0.5) is 4.39 Å². The largest absolute Gasteiger partial charge is 0.206 e. The van der Waals surface area contributed by atoms with E-state index in [1.807, 2.05) is 30.3 Å². The molecule has 3 rings (SSSR count). The standard InChI is InChI=1S/C25H26ClF/c1-3-4-5-6-19-7-16-24(25(27)17-19)22-10-8-20(9-11-22)18(2)21-12-14-23(26)15-13-21/h7-18H,3-6H2,1-2H3. The molecule has 0 nitrogen and oxygen atoms in total. The molecule has 0 aromatic heterocycles. The predicted octanol–water partition coefficient (Wildman–Crippen LogP) is 8.03. The van der Waals surface area contributed by atoms with Gasteiger partial charge in [0.2, 0.25) is 0 Å². The van der Waals surface area contributed by atoms with Gasteiger partial charge in [0, 0.05) is 16.5 Å². The van der Waals surface area contributed by atoms with Crippen molar-refractivity contribution >= 4 is 11.6 Å². The Bertz CT molecular complexity index is 866. The van der Waals surface area contributed by atoms with Crippen molar-refractivity contribution in [2.45, 2.75) is 45.4 Å². The molecule has 0 saturated carbocycles. The molecule has 0 aliphatic heterocycles. The molecule has 3 aromatic rings. The summed E-state index contributed by atoms with van der Waals surface area (Å²) in [7, 11) is 0. The number of hydrogen-bond acceptors (Lipinski definition) is 0. The maximum Gasteiger partial charge on any atom is 0.131 e. The van der Waals surface area contributed by atoms with Gasteiger partial charge in [-0.15, -0.1) is 0 Å². The molecule has 0 aliphatic rings. The quantitative estimate of drug-likeness (QED) is 0.364. The molecular formula is C25H26ClF. The average Bonchev–Trinajstić information content (AvgIpc) is 2.69. The Labute approximate surface area is 167 Å². The second-order valence-corrected chi connectivity index (χ2v) is 7.60. The molecule has 0 bridgehead atoms. The lowest BCUT2D eigenvalue weighted by Crippen LogP contribution is -1.96. The molecule has 0 radical (unpaired) electrons. The van der Waals surface area contributed by atoms with Crippen LogP contribution < -0.4 is 0 Å². The third-order valence-corrected chi connectivity index (χ3v) is 5.45. The zero-order chi connectivity index (χ0) is 19.2. The maximum atomic E-state index is 14.6. The lowest BCUT2D eigenvalue weighted by atomic mass is 9.91. The van der Waals surface area contributed by atoms with Crippen molar-refractivity contribution in [2.75, 3.05) is 0 Å². The number of unbranched alkanes of at least 4 members (excludes halogenated alkanes) is 2. The first kappa shape index (κ1) is 19.6. The van der Waals surface area contributed by atoms with Gasteiger partial charge in [0.25, 0.3) is 0 Å². The number of hydrogen-bond donors (Lipinski definition) is 0. The first-order chi connectivity index (χ1) is 13.1. The second-order valence-electron chi connectivity index (χ2n) is 7.17. The summed E-state index contributed by atoms with van der Waals surface area (Å²) in [5.74, 6) is 0.129. The second kappa shape index (κ2) is 9.19. The van der Waals surface area contributed by atoms with Crippen LogP contribution in [-0.4, -0.2) is 0 Å². The Morgan fingerprint density at radius 2 is 1.48 bits per heavy atom. The summed E-state index contributed by atoms with van der Waals surface area (Å²) in [4.78, 5) is 0. The van der Waals surface area contributed by atoms with E-state index >= 15 is 0 Å². The zero-order valence-corrected chi connectivity index (χ0v) is 16.8. The van der Waals surface area contributed by atoms with Crippen LogP contribution in [0.1, 0.15) is 55.7 Å². The summed E-state index contributed by atoms with van der Waals surface area (Å²) < 4.78 is 14.6. The predicted molar refractivity (Wildman–Crippen MR) is 114 cm³/mol. The molecule has 0 amide bonds. The number of benzene rings is 3. The minimum absolute atomic E-state index is 0.137. The topological polar surface area (TPSA) is 0 Å². The first-order valence-electron chi connectivity index (χ1n) is 9.72. The summed E-state index contributed by atoms with van der Waals surface area (Å²) in [6.07, 6.45) is 4.44. The van der Waals surface area contributed by atoms with Crippen molar-refractivity contribution in [1.82, 2.24) is 0 Å². The molecule has 1 unspecified atom stereocenters. The number of rotatable bonds is 7. The Kier molecular flexibility index (Phi) is 6.68. The third-order valence-electron chi connectivity index (χ3n) is 5.19. The van der Waals surface area contributed by atoms with Crippen molar-refractivity contribution in [2.24, 2.45) is 0 Å². The molecule has 27 heavy (non-hydrogen) atoms. The highest BCUT2D eigenvalue weighted by Gasteiger charge is 2.10. The number of aryl methyl sites for hydroxylation is 1. The van der Waals surface area contributed by atoms with Crippen LogP contribution in [0.15, 0.2) is 66.7 Å². The van der Waals surface area contributed by atoms with Gasteiger partial charge in [-0.25, -0.2) is 4.39 Å². The molecule has 0 saturated heterocycles. The van der Waals surface area contributed by atoms with E-state index in [9.17, 15) is 4.39 Å². The normalized spacial score (nSPS) is 12.1. The van der Waals surface area contributed by atoms with Crippen molar-refractivity contribution in [3.63, 3.8) is 0 Å². The third kappa shape index (κ3) is 4.99. The van der Waals surface area contributed by atoms with E-state index in [2.05, 4.69) is 44.2 Å². The van der Waals surface area contributed by atoms with Crippen LogP contribution in [0.3, 0.4) is 0 Å². The van der Waals surface area contributed by atoms with Gasteiger partial charge in [-0.1, -0.05) is 86.8 Å². The molecule has 0 aliphatic carbocycles. The lowest BCUT2D eigenvalue weighted by molar-refractivity contribution is 0.626. The van der Waals surface area contributed by atoms with E-state index in [0.29, 0.717) is 5.56 Å². The van der Waals surface area contributed by atoms with Crippen molar-refractivity contribution in [1.29, 1.82) is 0 Å². The fraction of sp³-hybridized carbons (Fsp3) is 0.280. The van der Waals surface area contributed by atoms with E-state index in [0.717, 1.165) is 29.0 Å². The molecule has 1 atom stereocenters. The minimum atomic E-state index is -0.137. The first-order valence-corrected chi connectivity index (χ1v) is 10.1. The molecular weight excluding hydrogens is 355 g/mol. The Morgan fingerprint density at radius 3 is 2.07 bits per heavy atom. The van der Waals surface area contributed by atoms with Crippen LogP contribution in [-0.2, 0) is 6.42 Å². The smallest absolute Gasteiger partial charge is 0.131 e. The molecule has 0 heterocycles. The molecule has 0 fully saturated rings. The molecule has 0 spiro atoms. The highest BCUT2D eigenvalue weighted by molar-refractivity contribution is 6.30. The van der Waals surface area contributed by atoms with E-state index in [1.54, 1.807) is 6.07 Å². The maximum absolute atomic E-state index is 14.6. The van der Waals surface area contributed by atoms with Crippen molar-refractivity contribution in [3.05, 3.63) is 94.3 Å². The van der Waals surface area contributed by atoms with Gasteiger partial charge >= 0.3 is 0 Å². The Morgan fingerprint density at radius 1 is 0.852 bits per heavy atom. The van der Waals surface area contributed by atoms with Gasteiger partial charge in [-0.3, -0.25) is 0 Å². The summed E-state index contributed by atoms with van der Waals surface area (Å²) >= 11 is 5.98. The monoisotopic (exact) mass is 380 g/mol. The van der Waals surface area contributed by atoms with Gasteiger partial charge in [0.1, 0.15) is 5.82 Å². The summed E-state index contributed by atoms with van der Waals surface area (Å²) in [5, 5.41) is 0.745. The van der Waals surface area contributed by atoms with E-state index < -0.39 is 0 Å². The molecule has 2 heteroatoms. The zero-order valence-electron chi connectivity index (χ0n) is 16.0. The van der Waals surface area contributed by atoms with Gasteiger partial charge in [-0.2, -0.15) is 0 Å². The molecule has 3 aromatic carbocycles. The lowest BCUT2D eigenvalue weighted by Gasteiger charge is -2.14. The van der Waals surface area contributed by atoms with E-state index in [-0.39, 0.29) is 11.7 Å². The molecule has 0 N–H and O–H groups in total. The summed E-state index contributed by atoms with van der Waals surface area (Å²) in [6.45, 7) is 4.35. The van der Waals surface area contributed by atoms with Gasteiger partial charge in [-0.05, 0) is 53.3 Å². The number of halogens is 2. The fourth-order valence-electron chi connectivity index (χ4n) is 3.42. The summed E-state index contributed by atoms with van der Waals surface area (Å²) in [6, 6.07) is 21.8. The van der Waals surface area contributed by atoms with Crippen LogP contribution in [0, 0.1) is 5.82 Å². The van der Waals surface area contributed by atoms with Gasteiger partial charge in [0.15, 0.2) is 0 Å². The van der Waals surface area contributed by atoms with Gasteiger partial charge in [0.05, 0.1) is 0 Å².